The van der Waals surface area contributed by atoms with Crippen LogP contribution in [0.3, 0.4) is 0 Å². The minimum absolute atomic E-state index is 0.0795. The topological polar surface area (TPSA) is 62.8 Å². The Hall–Kier alpha value is -2.14. The predicted octanol–water partition coefficient (Wildman–Crippen LogP) is 2.47. The van der Waals surface area contributed by atoms with Gasteiger partial charge >= 0.3 is 0 Å². The van der Waals surface area contributed by atoms with Crippen molar-refractivity contribution < 1.29 is 4.79 Å². The van der Waals surface area contributed by atoms with Crippen molar-refractivity contribution in [3.63, 3.8) is 0 Å². The average molecular weight is 284 g/mol. The first-order valence-electron chi connectivity index (χ1n) is 6.25. The van der Waals surface area contributed by atoms with Gasteiger partial charge in [-0.1, -0.05) is 42.1 Å². The van der Waals surface area contributed by atoms with E-state index in [1.165, 1.54) is 11.8 Å². The molecule has 0 bridgehead atoms. The molecule has 20 heavy (non-hydrogen) atoms. The summed E-state index contributed by atoms with van der Waals surface area (Å²) < 4.78 is 0. The molecule has 100 valence electrons. The number of carbonyl (C=O) groups is 1. The average Bonchev–Trinajstić information content (AvgIpc) is 2.99. The van der Waals surface area contributed by atoms with Crippen molar-refractivity contribution >= 4 is 28.4 Å². The van der Waals surface area contributed by atoms with E-state index in [2.05, 4.69) is 9.97 Å². The summed E-state index contributed by atoms with van der Waals surface area (Å²) in [4.78, 5) is 30.9. The highest BCUT2D eigenvalue weighted by Gasteiger charge is 2.12. The highest BCUT2D eigenvalue weighted by atomic mass is 32.2. The zero-order valence-corrected chi connectivity index (χ0v) is 11.4. The summed E-state index contributed by atoms with van der Waals surface area (Å²) in [5, 5.41) is 1.04. The highest BCUT2D eigenvalue weighted by molar-refractivity contribution is 7.99. The number of fused-ring (bicyclic) bond motifs is 1. The fraction of sp³-hybridized carbons (Fsp3) is 0.133. The number of thioether (sulfide) groups is 1. The molecule has 0 amide bonds. The van der Waals surface area contributed by atoms with Crippen LogP contribution in [0.15, 0.2) is 58.0 Å². The Morgan fingerprint density at radius 1 is 1.35 bits per heavy atom. The number of Topliss-reactive ketones (excluding diaryl/α,β-unsaturated/α-hetero) is 1. The second-order valence-corrected chi connectivity index (χ2v) is 5.39. The summed E-state index contributed by atoms with van der Waals surface area (Å²) in [7, 11) is 0. The van der Waals surface area contributed by atoms with E-state index in [0.29, 0.717) is 22.5 Å². The minimum Gasteiger partial charge on any atom is -0.301 e. The number of nitrogens with zero attached hydrogens (tertiary/aromatic N) is 1. The van der Waals surface area contributed by atoms with Crippen LogP contribution in [0.25, 0.3) is 10.9 Å². The number of rotatable bonds is 4. The molecule has 1 aliphatic carbocycles. The molecule has 1 N–H and O–H groups in total. The number of carbonyl (C=O) groups excluding carboxylic acids is 1. The Kier molecular flexibility index (Phi) is 3.52. The number of H-pyrrole nitrogens is 1. The third-order valence-electron chi connectivity index (χ3n) is 3.06. The van der Waals surface area contributed by atoms with Gasteiger partial charge in [-0.05, 0) is 24.1 Å². The molecule has 0 unspecified atom stereocenters. The van der Waals surface area contributed by atoms with E-state index in [9.17, 15) is 9.59 Å². The van der Waals surface area contributed by atoms with Gasteiger partial charge < -0.3 is 4.98 Å². The Morgan fingerprint density at radius 3 is 3.00 bits per heavy atom. The Balaban J connectivity index is 1.78. The molecule has 0 atom stereocenters. The van der Waals surface area contributed by atoms with Crippen LogP contribution in [-0.4, -0.2) is 21.5 Å². The molecular weight excluding hydrogens is 272 g/mol. The van der Waals surface area contributed by atoms with Crippen LogP contribution < -0.4 is 5.56 Å². The summed E-state index contributed by atoms with van der Waals surface area (Å²) >= 11 is 1.26. The predicted molar refractivity (Wildman–Crippen MR) is 79.9 cm³/mol. The van der Waals surface area contributed by atoms with Crippen LogP contribution in [0.4, 0.5) is 0 Å². The Morgan fingerprint density at radius 2 is 2.20 bits per heavy atom. The van der Waals surface area contributed by atoms with Gasteiger partial charge in [0.15, 0.2) is 10.9 Å². The third-order valence-corrected chi connectivity index (χ3v) is 3.93. The molecular formula is C15H12N2O2S. The number of allylic oxidation sites excluding steroid dienone is 4. The molecule has 5 heteroatoms. The Labute approximate surface area is 119 Å². The van der Waals surface area contributed by atoms with E-state index in [4.69, 9.17) is 0 Å². The second kappa shape index (κ2) is 5.46. The molecule has 1 aromatic carbocycles. The molecule has 0 radical (unpaired) electrons. The maximum atomic E-state index is 11.9. The first kappa shape index (κ1) is 12.9. The smallest absolute Gasteiger partial charge is 0.259 e. The van der Waals surface area contributed by atoms with Crippen molar-refractivity contribution in [1.29, 1.82) is 0 Å². The van der Waals surface area contributed by atoms with Crippen molar-refractivity contribution in [2.45, 2.75) is 11.6 Å². The van der Waals surface area contributed by atoms with Gasteiger partial charge in [0.05, 0.1) is 16.7 Å². The lowest BCUT2D eigenvalue weighted by Crippen LogP contribution is -2.10. The van der Waals surface area contributed by atoms with Crippen LogP contribution in [0, 0.1) is 0 Å². The van der Waals surface area contributed by atoms with Crippen molar-refractivity contribution in [3.05, 3.63) is 58.4 Å². The molecule has 0 spiro atoms. The zero-order valence-electron chi connectivity index (χ0n) is 10.6. The summed E-state index contributed by atoms with van der Waals surface area (Å²) in [6.45, 7) is 0. The standard InChI is InChI=1S/C15H12N2O2S/c18-13(10-5-1-2-6-10)9-20-15-16-12-8-4-3-7-11(12)14(19)17-15/h1-5,7-8H,6,9H2,(H,16,17,19). The fourth-order valence-corrected chi connectivity index (χ4v) is 2.79. The number of hydrogen-bond donors (Lipinski definition) is 1. The second-order valence-electron chi connectivity index (χ2n) is 4.42. The molecule has 0 saturated carbocycles. The molecule has 1 heterocycles. The number of para-hydroxylation sites is 1. The Bertz CT molecular complexity index is 790. The molecule has 1 aliphatic rings. The number of aromatic amines is 1. The summed E-state index contributed by atoms with van der Waals surface area (Å²) in [6.07, 6.45) is 6.36. The SMILES string of the molecule is O=C(CSc1nc2ccccc2c(=O)[nH]1)C1=CC=CC1. The first-order chi connectivity index (χ1) is 9.74. The van der Waals surface area contributed by atoms with E-state index in [0.717, 1.165) is 5.57 Å². The third kappa shape index (κ3) is 2.58. The quantitative estimate of drug-likeness (QED) is 0.692. The van der Waals surface area contributed by atoms with Crippen molar-refractivity contribution in [2.24, 2.45) is 0 Å². The van der Waals surface area contributed by atoms with E-state index in [1.807, 2.05) is 24.3 Å². The van der Waals surface area contributed by atoms with Gasteiger partial charge in [0.1, 0.15) is 0 Å². The van der Waals surface area contributed by atoms with Crippen LogP contribution in [0.1, 0.15) is 6.42 Å². The normalized spacial score (nSPS) is 13.7. The molecule has 0 saturated heterocycles. The van der Waals surface area contributed by atoms with E-state index in [-0.39, 0.29) is 17.1 Å². The van der Waals surface area contributed by atoms with Crippen molar-refractivity contribution in [1.82, 2.24) is 9.97 Å². The van der Waals surface area contributed by atoms with E-state index >= 15 is 0 Å². The number of nitrogens with one attached hydrogen (secondary N) is 1. The zero-order chi connectivity index (χ0) is 13.9. The van der Waals surface area contributed by atoms with E-state index < -0.39 is 0 Å². The maximum absolute atomic E-state index is 11.9. The van der Waals surface area contributed by atoms with Gasteiger partial charge in [0.2, 0.25) is 0 Å². The lowest BCUT2D eigenvalue weighted by molar-refractivity contribution is -0.113. The molecule has 3 rings (SSSR count). The fourth-order valence-electron chi connectivity index (χ4n) is 2.01. The maximum Gasteiger partial charge on any atom is 0.259 e. The number of ketones is 1. The lowest BCUT2D eigenvalue weighted by atomic mass is 10.2. The monoisotopic (exact) mass is 284 g/mol. The number of aromatic nitrogens is 2. The van der Waals surface area contributed by atoms with Gasteiger partial charge in [0.25, 0.3) is 5.56 Å². The van der Waals surface area contributed by atoms with Crippen LogP contribution in [0.2, 0.25) is 0 Å². The van der Waals surface area contributed by atoms with Gasteiger partial charge in [0, 0.05) is 0 Å². The highest BCUT2D eigenvalue weighted by Crippen LogP contribution is 2.18. The minimum atomic E-state index is -0.174. The molecule has 0 aliphatic heterocycles. The van der Waals surface area contributed by atoms with E-state index in [1.54, 1.807) is 18.2 Å². The molecule has 0 fully saturated rings. The van der Waals surface area contributed by atoms with Crippen molar-refractivity contribution in [3.8, 4) is 0 Å². The van der Waals surface area contributed by atoms with Crippen molar-refractivity contribution in [2.75, 3.05) is 5.75 Å². The molecule has 2 aromatic rings. The van der Waals surface area contributed by atoms with Gasteiger partial charge in [-0.25, -0.2) is 4.98 Å². The van der Waals surface area contributed by atoms with Crippen LogP contribution in [-0.2, 0) is 4.79 Å². The summed E-state index contributed by atoms with van der Waals surface area (Å²) in [6, 6.07) is 7.16. The molecule has 4 nitrogen and oxygen atoms in total. The largest absolute Gasteiger partial charge is 0.301 e. The van der Waals surface area contributed by atoms with Gasteiger partial charge in [-0.15, -0.1) is 0 Å². The van der Waals surface area contributed by atoms with Crippen LogP contribution >= 0.6 is 11.8 Å². The summed E-state index contributed by atoms with van der Waals surface area (Å²) in [5.41, 5.74) is 1.28. The van der Waals surface area contributed by atoms with Gasteiger partial charge in [-0.2, -0.15) is 0 Å². The number of benzene rings is 1. The number of hydrogen-bond acceptors (Lipinski definition) is 4. The molecule has 1 aromatic heterocycles. The van der Waals surface area contributed by atoms with Gasteiger partial charge in [-0.3, -0.25) is 9.59 Å². The first-order valence-corrected chi connectivity index (χ1v) is 7.23. The lowest BCUT2D eigenvalue weighted by Gasteiger charge is -2.03. The van der Waals surface area contributed by atoms with Crippen LogP contribution in [0.5, 0.6) is 0 Å². The summed E-state index contributed by atoms with van der Waals surface area (Å²) in [5.74, 6) is 0.366.